The van der Waals surface area contributed by atoms with Gasteiger partial charge in [-0.1, -0.05) is 12.8 Å². The van der Waals surface area contributed by atoms with E-state index in [-0.39, 0.29) is 5.91 Å². The summed E-state index contributed by atoms with van der Waals surface area (Å²) in [7, 11) is 0. The summed E-state index contributed by atoms with van der Waals surface area (Å²) in [5.74, 6) is 0.220. The predicted molar refractivity (Wildman–Crippen MR) is 56.0 cm³/mol. The van der Waals surface area contributed by atoms with E-state index in [4.69, 9.17) is 0 Å². The van der Waals surface area contributed by atoms with E-state index in [1.165, 1.54) is 25.7 Å². The lowest BCUT2D eigenvalue weighted by Gasteiger charge is -2.20. The minimum Gasteiger partial charge on any atom is -0.356 e. The second-order valence-corrected chi connectivity index (χ2v) is 4.54. The number of amides is 1. The van der Waals surface area contributed by atoms with Crippen LogP contribution in [0.2, 0.25) is 0 Å². The molecule has 0 aromatic heterocycles. The van der Waals surface area contributed by atoms with Crippen molar-refractivity contribution in [1.29, 1.82) is 0 Å². The van der Waals surface area contributed by atoms with Gasteiger partial charge < -0.3 is 10.6 Å². The van der Waals surface area contributed by atoms with Gasteiger partial charge in [-0.15, -0.1) is 0 Å². The Morgan fingerprint density at radius 2 is 1.79 bits per heavy atom. The highest BCUT2D eigenvalue weighted by molar-refractivity contribution is 5.76. The van der Waals surface area contributed by atoms with Crippen molar-refractivity contribution in [2.24, 2.45) is 0 Å². The van der Waals surface area contributed by atoms with Crippen LogP contribution in [0.15, 0.2) is 0 Å². The van der Waals surface area contributed by atoms with Gasteiger partial charge >= 0.3 is 0 Å². The van der Waals surface area contributed by atoms with Crippen LogP contribution in [0.3, 0.4) is 0 Å². The van der Waals surface area contributed by atoms with Gasteiger partial charge in [0.25, 0.3) is 0 Å². The van der Waals surface area contributed by atoms with Crippen LogP contribution in [0.4, 0.5) is 0 Å². The van der Waals surface area contributed by atoms with Crippen LogP contribution in [0.25, 0.3) is 0 Å². The Balaban J connectivity index is 1.79. The lowest BCUT2D eigenvalue weighted by molar-refractivity contribution is -0.121. The van der Waals surface area contributed by atoms with E-state index < -0.39 is 0 Å². The zero-order valence-corrected chi connectivity index (χ0v) is 8.72. The topological polar surface area (TPSA) is 41.1 Å². The predicted octanol–water partition coefficient (Wildman–Crippen LogP) is 1.19. The third kappa shape index (κ3) is 2.71. The van der Waals surface area contributed by atoms with Crippen molar-refractivity contribution in [2.45, 2.75) is 57.0 Å². The van der Waals surface area contributed by atoms with Gasteiger partial charge in [0.2, 0.25) is 5.91 Å². The standard InChI is InChI=1S/C11H20N2O/c14-11-8-10(6-3-7-12-11)13-9-4-1-2-5-9/h9-10,13H,1-8H2,(H,12,14). The van der Waals surface area contributed by atoms with Gasteiger partial charge in [-0.05, 0) is 25.7 Å². The summed E-state index contributed by atoms with van der Waals surface area (Å²) in [5, 5.41) is 6.55. The molecule has 0 aromatic carbocycles. The van der Waals surface area contributed by atoms with Gasteiger partial charge in [0.1, 0.15) is 0 Å². The van der Waals surface area contributed by atoms with Gasteiger partial charge in [0.15, 0.2) is 0 Å². The first-order chi connectivity index (χ1) is 6.84. The molecule has 0 spiro atoms. The summed E-state index contributed by atoms with van der Waals surface area (Å²) in [4.78, 5) is 11.3. The summed E-state index contributed by atoms with van der Waals surface area (Å²) >= 11 is 0. The van der Waals surface area contributed by atoms with Gasteiger partial charge in [-0.25, -0.2) is 0 Å². The fourth-order valence-corrected chi connectivity index (χ4v) is 2.54. The number of rotatable bonds is 2. The maximum atomic E-state index is 11.3. The second kappa shape index (κ2) is 4.78. The molecule has 1 amide bonds. The molecule has 1 aliphatic carbocycles. The Labute approximate surface area is 85.6 Å². The zero-order chi connectivity index (χ0) is 9.80. The zero-order valence-electron chi connectivity index (χ0n) is 8.72. The monoisotopic (exact) mass is 196 g/mol. The van der Waals surface area contributed by atoms with Crippen molar-refractivity contribution < 1.29 is 4.79 Å². The maximum absolute atomic E-state index is 11.3. The summed E-state index contributed by atoms with van der Waals surface area (Å²) in [6.45, 7) is 0.863. The van der Waals surface area contributed by atoms with E-state index in [0.29, 0.717) is 18.5 Å². The normalized spacial score (nSPS) is 30.0. The van der Waals surface area contributed by atoms with E-state index in [2.05, 4.69) is 10.6 Å². The molecule has 2 aliphatic rings. The Morgan fingerprint density at radius 1 is 1.07 bits per heavy atom. The third-order valence-corrected chi connectivity index (χ3v) is 3.31. The molecule has 1 atom stereocenters. The number of hydrogen-bond donors (Lipinski definition) is 2. The molecule has 2 rings (SSSR count). The lowest BCUT2D eigenvalue weighted by atomic mass is 10.1. The molecule has 3 heteroatoms. The quantitative estimate of drug-likeness (QED) is 0.696. The van der Waals surface area contributed by atoms with Crippen molar-refractivity contribution in [1.82, 2.24) is 10.6 Å². The SMILES string of the molecule is O=C1CC(NC2CCCC2)CCCN1. The Bertz CT molecular complexity index is 199. The van der Waals surface area contributed by atoms with E-state index >= 15 is 0 Å². The van der Waals surface area contributed by atoms with Gasteiger partial charge in [-0.3, -0.25) is 4.79 Å². The van der Waals surface area contributed by atoms with Crippen LogP contribution in [-0.4, -0.2) is 24.5 Å². The van der Waals surface area contributed by atoms with E-state index in [1.807, 2.05) is 0 Å². The Hall–Kier alpha value is -0.570. The molecule has 80 valence electrons. The van der Waals surface area contributed by atoms with Gasteiger partial charge in [-0.2, -0.15) is 0 Å². The average Bonchev–Trinajstić information content (AvgIpc) is 2.56. The fraction of sp³-hybridized carbons (Fsp3) is 0.909. The van der Waals surface area contributed by atoms with E-state index in [0.717, 1.165) is 19.4 Å². The molecule has 2 fully saturated rings. The highest BCUT2D eigenvalue weighted by Gasteiger charge is 2.22. The Morgan fingerprint density at radius 3 is 2.57 bits per heavy atom. The molecular weight excluding hydrogens is 176 g/mol. The summed E-state index contributed by atoms with van der Waals surface area (Å²) in [6, 6.07) is 1.12. The van der Waals surface area contributed by atoms with Crippen molar-refractivity contribution in [3.63, 3.8) is 0 Å². The van der Waals surface area contributed by atoms with Crippen LogP contribution >= 0.6 is 0 Å². The number of nitrogens with one attached hydrogen (secondary N) is 2. The Kier molecular flexibility index (Phi) is 3.40. The van der Waals surface area contributed by atoms with Crippen LogP contribution in [0, 0.1) is 0 Å². The molecular formula is C11H20N2O. The van der Waals surface area contributed by atoms with Crippen LogP contribution < -0.4 is 10.6 Å². The smallest absolute Gasteiger partial charge is 0.221 e. The molecule has 0 aromatic rings. The van der Waals surface area contributed by atoms with Crippen molar-refractivity contribution in [3.05, 3.63) is 0 Å². The molecule has 1 aliphatic heterocycles. The minimum atomic E-state index is 0.220. The maximum Gasteiger partial charge on any atom is 0.221 e. The van der Waals surface area contributed by atoms with Gasteiger partial charge in [0.05, 0.1) is 0 Å². The highest BCUT2D eigenvalue weighted by Crippen LogP contribution is 2.19. The number of carbonyl (C=O) groups excluding carboxylic acids is 1. The van der Waals surface area contributed by atoms with Crippen molar-refractivity contribution in [3.8, 4) is 0 Å². The highest BCUT2D eigenvalue weighted by atomic mass is 16.1. The lowest BCUT2D eigenvalue weighted by Crippen LogP contribution is -2.38. The third-order valence-electron chi connectivity index (χ3n) is 3.31. The summed E-state index contributed by atoms with van der Waals surface area (Å²) < 4.78 is 0. The molecule has 1 heterocycles. The van der Waals surface area contributed by atoms with Crippen LogP contribution in [0.5, 0.6) is 0 Å². The molecule has 0 bridgehead atoms. The minimum absolute atomic E-state index is 0.220. The summed E-state index contributed by atoms with van der Waals surface area (Å²) in [6.07, 6.45) is 8.27. The number of carbonyl (C=O) groups is 1. The molecule has 1 saturated carbocycles. The largest absolute Gasteiger partial charge is 0.356 e. The van der Waals surface area contributed by atoms with Crippen LogP contribution in [0.1, 0.15) is 44.9 Å². The first-order valence-corrected chi connectivity index (χ1v) is 5.87. The fourth-order valence-electron chi connectivity index (χ4n) is 2.54. The average molecular weight is 196 g/mol. The van der Waals surface area contributed by atoms with E-state index in [1.54, 1.807) is 0 Å². The first kappa shape index (κ1) is 9.97. The molecule has 1 unspecified atom stereocenters. The molecule has 3 nitrogen and oxygen atoms in total. The first-order valence-electron chi connectivity index (χ1n) is 5.87. The van der Waals surface area contributed by atoms with Crippen molar-refractivity contribution >= 4 is 5.91 Å². The van der Waals surface area contributed by atoms with Crippen molar-refractivity contribution in [2.75, 3.05) is 6.54 Å². The molecule has 0 radical (unpaired) electrons. The van der Waals surface area contributed by atoms with E-state index in [9.17, 15) is 4.79 Å². The number of hydrogen-bond acceptors (Lipinski definition) is 2. The second-order valence-electron chi connectivity index (χ2n) is 4.54. The summed E-state index contributed by atoms with van der Waals surface area (Å²) in [5.41, 5.74) is 0. The van der Waals surface area contributed by atoms with Crippen LogP contribution in [-0.2, 0) is 4.79 Å². The van der Waals surface area contributed by atoms with Gasteiger partial charge in [0, 0.05) is 25.0 Å². The molecule has 1 saturated heterocycles. The molecule has 14 heavy (non-hydrogen) atoms. The molecule has 2 N–H and O–H groups in total.